The van der Waals surface area contributed by atoms with Gasteiger partial charge in [0.15, 0.2) is 0 Å². The van der Waals surface area contributed by atoms with Crippen molar-refractivity contribution in [3.8, 4) is 0 Å². The molecule has 0 saturated heterocycles. The third-order valence-electron chi connectivity index (χ3n) is 3.26. The molecule has 0 radical (unpaired) electrons. The van der Waals surface area contributed by atoms with Crippen LogP contribution >= 0.6 is 11.6 Å². The Kier molecular flexibility index (Phi) is 7.46. The van der Waals surface area contributed by atoms with Crippen LogP contribution in [0.15, 0.2) is 23.4 Å². The maximum absolute atomic E-state index is 12.6. The van der Waals surface area contributed by atoms with Crippen LogP contribution in [0.2, 0.25) is 5.02 Å². The van der Waals surface area contributed by atoms with Crippen LogP contribution in [0.4, 0.5) is 5.69 Å². The number of fused-ring (bicyclic) bond motifs is 1. The number of amides is 1. The fraction of sp³-hybridized carbons (Fsp3) is 0.429. The van der Waals surface area contributed by atoms with Crippen molar-refractivity contribution in [1.29, 1.82) is 0 Å². The SMILES string of the molecule is CC(C)(C)C(=O)N1CC/C(=N/OS(=O)(=O)[O-])c2cc(Cl)ccc21.[K+]. The minimum absolute atomic E-state index is 0. The molecule has 1 aromatic carbocycles. The molecular weight excluding hydrogens is 383 g/mol. The number of anilines is 1. The zero-order chi connectivity index (χ0) is 17.4. The van der Waals surface area contributed by atoms with E-state index in [9.17, 15) is 17.8 Å². The second kappa shape index (κ2) is 8.13. The minimum atomic E-state index is -4.94. The average molecular weight is 399 g/mol. The first-order valence-corrected chi connectivity index (χ1v) is 8.53. The molecule has 0 spiro atoms. The molecular formula is C14H16ClKN2O5S. The van der Waals surface area contributed by atoms with Gasteiger partial charge in [-0.3, -0.25) is 9.08 Å². The van der Waals surface area contributed by atoms with Crippen molar-refractivity contribution in [3.63, 3.8) is 0 Å². The summed E-state index contributed by atoms with van der Waals surface area (Å²) >= 11 is 5.97. The molecule has 7 nitrogen and oxygen atoms in total. The molecule has 1 heterocycles. The standard InChI is InChI=1S/C14H17ClN2O5S.K/c1-14(2,3)13(18)17-7-6-11(16-22-23(19,20)21)10-8-9(15)4-5-12(10)17;/h4-5,8H,6-7H2,1-3H3,(H,19,20,21);/q;+1/p-1/b16-11-;. The van der Waals surface area contributed by atoms with Gasteiger partial charge in [0.05, 0.1) is 11.4 Å². The summed E-state index contributed by atoms with van der Waals surface area (Å²) in [4.78, 5) is 14.2. The number of nitrogens with zero attached hydrogens (tertiary/aromatic N) is 2. The summed E-state index contributed by atoms with van der Waals surface area (Å²) in [5.41, 5.74) is 0.677. The molecule has 1 amide bonds. The smallest absolute Gasteiger partial charge is 0.714 e. The van der Waals surface area contributed by atoms with E-state index >= 15 is 0 Å². The van der Waals surface area contributed by atoms with Crippen LogP contribution in [0.5, 0.6) is 0 Å². The van der Waals surface area contributed by atoms with Crippen molar-refractivity contribution in [3.05, 3.63) is 28.8 Å². The molecule has 0 unspecified atom stereocenters. The van der Waals surface area contributed by atoms with Crippen LogP contribution in [0.3, 0.4) is 0 Å². The van der Waals surface area contributed by atoms with E-state index in [-0.39, 0.29) is 69.4 Å². The van der Waals surface area contributed by atoms with Gasteiger partial charge >= 0.3 is 51.4 Å². The molecule has 0 aliphatic carbocycles. The van der Waals surface area contributed by atoms with E-state index in [4.69, 9.17) is 11.6 Å². The van der Waals surface area contributed by atoms with E-state index < -0.39 is 15.8 Å². The first-order chi connectivity index (χ1) is 10.5. The van der Waals surface area contributed by atoms with Crippen LogP contribution in [-0.4, -0.2) is 31.1 Å². The summed E-state index contributed by atoms with van der Waals surface area (Å²) in [7, 11) is -4.94. The Labute approximate surface area is 188 Å². The monoisotopic (exact) mass is 398 g/mol. The fourth-order valence-corrected chi connectivity index (χ4v) is 2.60. The van der Waals surface area contributed by atoms with Gasteiger partial charge in [0.25, 0.3) is 10.4 Å². The second-order valence-electron chi connectivity index (χ2n) is 6.14. The molecule has 24 heavy (non-hydrogen) atoms. The first kappa shape index (κ1) is 22.0. The predicted molar refractivity (Wildman–Crippen MR) is 85.2 cm³/mol. The van der Waals surface area contributed by atoms with Gasteiger partial charge in [-0.2, -0.15) is 8.42 Å². The van der Waals surface area contributed by atoms with Gasteiger partial charge in [0, 0.05) is 29.0 Å². The normalized spacial score (nSPS) is 16.4. The molecule has 1 aliphatic heterocycles. The summed E-state index contributed by atoms with van der Waals surface area (Å²) < 4.78 is 35.7. The van der Waals surface area contributed by atoms with Crippen LogP contribution in [0.1, 0.15) is 32.8 Å². The number of hydrogen-bond acceptors (Lipinski definition) is 6. The maximum atomic E-state index is 12.6. The van der Waals surface area contributed by atoms with Gasteiger partial charge in [-0.25, -0.2) is 0 Å². The predicted octanol–water partition coefficient (Wildman–Crippen LogP) is -0.692. The van der Waals surface area contributed by atoms with Crippen molar-refractivity contribution in [1.82, 2.24) is 0 Å². The van der Waals surface area contributed by atoms with Crippen molar-refractivity contribution in [2.45, 2.75) is 27.2 Å². The Morgan fingerprint density at radius 2 is 2.00 bits per heavy atom. The number of rotatable bonds is 2. The summed E-state index contributed by atoms with van der Waals surface area (Å²) in [6.45, 7) is 5.72. The molecule has 0 fully saturated rings. The van der Waals surface area contributed by atoms with Crippen molar-refractivity contribution in [2.24, 2.45) is 10.6 Å². The maximum Gasteiger partial charge on any atom is 1.00 e. The molecule has 1 aliphatic rings. The van der Waals surface area contributed by atoms with Crippen LogP contribution in [0.25, 0.3) is 0 Å². The van der Waals surface area contributed by atoms with E-state index in [0.29, 0.717) is 22.8 Å². The van der Waals surface area contributed by atoms with Gasteiger partial charge in [0.1, 0.15) is 0 Å². The van der Waals surface area contributed by atoms with Gasteiger partial charge in [-0.05, 0) is 18.2 Å². The third-order valence-corrected chi connectivity index (χ3v) is 3.75. The number of oxime groups is 1. The molecule has 1 aromatic rings. The van der Waals surface area contributed by atoms with Gasteiger partial charge < -0.3 is 9.45 Å². The van der Waals surface area contributed by atoms with Crippen LogP contribution in [0, 0.1) is 5.41 Å². The molecule has 0 saturated carbocycles. The largest absolute Gasteiger partial charge is 1.00 e. The molecule has 0 N–H and O–H groups in total. The minimum Gasteiger partial charge on any atom is -0.714 e. The number of carbonyl (C=O) groups excluding carboxylic acids is 1. The molecule has 0 aromatic heterocycles. The summed E-state index contributed by atoms with van der Waals surface area (Å²) in [5.74, 6) is -0.0857. The fourth-order valence-electron chi connectivity index (χ4n) is 2.25. The summed E-state index contributed by atoms with van der Waals surface area (Å²) in [5, 5.41) is 3.81. The zero-order valence-electron chi connectivity index (χ0n) is 13.9. The Bertz CT molecular complexity index is 774. The van der Waals surface area contributed by atoms with E-state index in [1.807, 2.05) is 20.8 Å². The summed E-state index contributed by atoms with van der Waals surface area (Å²) in [6, 6.07) is 4.83. The van der Waals surface area contributed by atoms with E-state index in [0.717, 1.165) is 0 Å². The Hall–Kier alpha value is -0.00364. The van der Waals surface area contributed by atoms with Gasteiger partial charge in [0.2, 0.25) is 5.91 Å². The number of halogens is 1. The first-order valence-electron chi connectivity index (χ1n) is 6.82. The molecule has 0 bridgehead atoms. The molecule has 0 atom stereocenters. The molecule has 126 valence electrons. The van der Waals surface area contributed by atoms with Crippen LogP contribution in [-0.2, 0) is 19.5 Å². The van der Waals surface area contributed by atoms with Crippen molar-refractivity contribution in [2.75, 3.05) is 11.4 Å². The number of hydrogen-bond donors (Lipinski definition) is 0. The van der Waals surface area contributed by atoms with E-state index in [2.05, 4.69) is 9.44 Å². The Morgan fingerprint density at radius 1 is 1.38 bits per heavy atom. The van der Waals surface area contributed by atoms with Crippen molar-refractivity contribution >= 4 is 39.3 Å². The Morgan fingerprint density at radius 3 is 2.54 bits per heavy atom. The van der Waals surface area contributed by atoms with E-state index in [1.54, 1.807) is 23.1 Å². The third kappa shape index (κ3) is 5.50. The zero-order valence-corrected chi connectivity index (χ0v) is 18.6. The average Bonchev–Trinajstić information content (AvgIpc) is 2.41. The topological polar surface area (TPSA) is 99.1 Å². The quantitative estimate of drug-likeness (QED) is 0.284. The number of benzene rings is 1. The summed E-state index contributed by atoms with van der Waals surface area (Å²) in [6.07, 6.45) is 0.241. The van der Waals surface area contributed by atoms with Crippen molar-refractivity contribution < 1.29 is 73.4 Å². The van der Waals surface area contributed by atoms with Gasteiger partial charge in [-0.1, -0.05) is 37.5 Å². The van der Waals surface area contributed by atoms with E-state index in [1.165, 1.54) is 0 Å². The Balaban J connectivity index is 0.00000288. The van der Waals surface area contributed by atoms with Crippen LogP contribution < -0.4 is 56.3 Å². The molecule has 10 heteroatoms. The number of carbonyl (C=O) groups is 1. The van der Waals surface area contributed by atoms with Gasteiger partial charge in [-0.15, -0.1) is 0 Å². The molecule has 2 rings (SSSR count). The second-order valence-corrected chi connectivity index (χ2v) is 7.54.